The molecule has 112 valence electrons. The van der Waals surface area contributed by atoms with Gasteiger partial charge in [0.15, 0.2) is 0 Å². The highest BCUT2D eigenvalue weighted by Crippen LogP contribution is 2.37. The number of nitrogens with one attached hydrogen (secondary N) is 1. The first kappa shape index (κ1) is 15.0. The Labute approximate surface area is 134 Å². The predicted octanol–water partition coefficient (Wildman–Crippen LogP) is 5.32. The van der Waals surface area contributed by atoms with Crippen LogP contribution >= 0.6 is 22.9 Å². The second-order valence-corrected chi connectivity index (χ2v) is 7.57. The lowest BCUT2D eigenvalue weighted by molar-refractivity contribution is 0.462. The van der Waals surface area contributed by atoms with Gasteiger partial charge in [0.2, 0.25) is 0 Å². The monoisotopic (exact) mass is 323 g/mol. The van der Waals surface area contributed by atoms with Gasteiger partial charge in [-0.3, -0.25) is 0 Å². The van der Waals surface area contributed by atoms with Crippen LogP contribution in [0.5, 0.6) is 0 Å². The molecule has 3 rings (SSSR count). The van der Waals surface area contributed by atoms with Crippen LogP contribution in [0.15, 0.2) is 18.2 Å². The molecule has 1 aromatic carbocycles. The topological polar surface area (TPSA) is 12.0 Å². The van der Waals surface area contributed by atoms with Gasteiger partial charge in [-0.15, -0.1) is 11.3 Å². The van der Waals surface area contributed by atoms with E-state index in [1.807, 2.05) is 26.0 Å². The van der Waals surface area contributed by atoms with Crippen LogP contribution in [0.4, 0.5) is 4.39 Å². The van der Waals surface area contributed by atoms with Crippen molar-refractivity contribution in [3.8, 4) is 0 Å². The Morgan fingerprint density at radius 1 is 1.29 bits per heavy atom. The van der Waals surface area contributed by atoms with E-state index in [1.54, 1.807) is 11.3 Å². The Morgan fingerprint density at radius 2 is 2.00 bits per heavy atom. The van der Waals surface area contributed by atoms with Gasteiger partial charge in [-0.05, 0) is 61.4 Å². The number of hydrogen-bond donors (Lipinski definition) is 1. The fraction of sp³-hybridized carbons (Fsp3) is 0.412. The van der Waals surface area contributed by atoms with E-state index in [0.717, 1.165) is 40.4 Å². The summed E-state index contributed by atoms with van der Waals surface area (Å²) in [4.78, 5) is 1.41. The fourth-order valence-electron chi connectivity index (χ4n) is 3.11. The largest absolute Gasteiger partial charge is 0.306 e. The molecule has 2 aromatic rings. The minimum Gasteiger partial charge on any atom is -0.306 e. The van der Waals surface area contributed by atoms with Crippen LogP contribution in [-0.2, 0) is 13.0 Å². The summed E-state index contributed by atoms with van der Waals surface area (Å²) in [7, 11) is 0. The first-order chi connectivity index (χ1) is 10.0. The Balaban J connectivity index is 1.74. The van der Waals surface area contributed by atoms with E-state index in [4.69, 9.17) is 11.6 Å². The van der Waals surface area contributed by atoms with Crippen LogP contribution in [0, 0.1) is 19.7 Å². The average molecular weight is 324 g/mol. The van der Waals surface area contributed by atoms with Crippen LogP contribution in [0.2, 0.25) is 4.34 Å². The van der Waals surface area contributed by atoms with Gasteiger partial charge in [0.1, 0.15) is 5.82 Å². The molecule has 0 bridgehead atoms. The molecule has 21 heavy (non-hydrogen) atoms. The summed E-state index contributed by atoms with van der Waals surface area (Å²) in [6, 6.07) is 6.32. The van der Waals surface area contributed by atoms with Gasteiger partial charge in [0.25, 0.3) is 0 Å². The number of thiophene rings is 1. The number of fused-ring (bicyclic) bond motifs is 1. The minimum atomic E-state index is -0.0941. The number of rotatable bonds is 3. The van der Waals surface area contributed by atoms with E-state index >= 15 is 0 Å². The zero-order valence-corrected chi connectivity index (χ0v) is 13.9. The molecule has 0 radical (unpaired) electrons. The smallest absolute Gasteiger partial charge is 0.129 e. The van der Waals surface area contributed by atoms with E-state index < -0.39 is 0 Å². The van der Waals surface area contributed by atoms with Crippen molar-refractivity contribution in [2.45, 2.75) is 45.7 Å². The molecule has 1 unspecified atom stereocenters. The van der Waals surface area contributed by atoms with Crippen LogP contribution in [0.25, 0.3) is 0 Å². The molecule has 0 fully saturated rings. The van der Waals surface area contributed by atoms with Gasteiger partial charge in [0.05, 0.1) is 4.34 Å². The normalized spacial score (nSPS) is 17.8. The van der Waals surface area contributed by atoms with Crippen molar-refractivity contribution >= 4 is 22.9 Å². The van der Waals surface area contributed by atoms with Crippen molar-refractivity contribution in [3.05, 3.63) is 55.5 Å². The van der Waals surface area contributed by atoms with E-state index in [1.165, 1.54) is 16.9 Å². The van der Waals surface area contributed by atoms with E-state index in [0.29, 0.717) is 6.04 Å². The molecule has 4 heteroatoms. The molecule has 1 aliphatic carbocycles. The lowest BCUT2D eigenvalue weighted by atomic mass is 9.94. The lowest BCUT2D eigenvalue weighted by Gasteiger charge is -2.24. The Kier molecular flexibility index (Phi) is 4.34. The number of aryl methyl sites for hydroxylation is 3. The highest BCUT2D eigenvalue weighted by atomic mass is 35.5. The summed E-state index contributed by atoms with van der Waals surface area (Å²) >= 11 is 7.84. The lowest BCUT2D eigenvalue weighted by Crippen LogP contribution is -2.24. The van der Waals surface area contributed by atoms with E-state index in [-0.39, 0.29) is 5.82 Å². The molecule has 1 heterocycles. The van der Waals surface area contributed by atoms with Gasteiger partial charge in [-0.2, -0.15) is 0 Å². The summed E-state index contributed by atoms with van der Waals surface area (Å²) < 4.78 is 14.5. The third-order valence-corrected chi connectivity index (χ3v) is 5.47. The molecule has 0 saturated heterocycles. The highest BCUT2D eigenvalue weighted by molar-refractivity contribution is 7.16. The van der Waals surface area contributed by atoms with Gasteiger partial charge in [-0.25, -0.2) is 4.39 Å². The highest BCUT2D eigenvalue weighted by Gasteiger charge is 2.22. The zero-order valence-electron chi connectivity index (χ0n) is 12.3. The third-order valence-electron chi connectivity index (χ3n) is 4.13. The van der Waals surface area contributed by atoms with Crippen LogP contribution in [-0.4, -0.2) is 0 Å². The second kappa shape index (κ2) is 6.07. The van der Waals surface area contributed by atoms with Gasteiger partial charge in [-0.1, -0.05) is 23.7 Å². The molecule has 1 atom stereocenters. The summed E-state index contributed by atoms with van der Waals surface area (Å²) in [6.07, 6.45) is 3.47. The maximum absolute atomic E-state index is 13.7. The molecule has 0 spiro atoms. The molecule has 1 nitrogen and oxygen atoms in total. The molecular formula is C17H19ClFNS. The number of hydrogen-bond acceptors (Lipinski definition) is 2. The first-order valence-electron chi connectivity index (χ1n) is 7.31. The SMILES string of the molecule is Cc1cc(CNC2CCCc3sc(Cl)cc32)cc(C)c1F. The molecule has 0 amide bonds. The average Bonchev–Trinajstić information content (AvgIpc) is 2.83. The maximum Gasteiger partial charge on any atom is 0.129 e. The van der Waals surface area contributed by atoms with Crippen molar-refractivity contribution < 1.29 is 4.39 Å². The molecular weight excluding hydrogens is 305 g/mol. The van der Waals surface area contributed by atoms with Gasteiger partial charge < -0.3 is 5.32 Å². The zero-order chi connectivity index (χ0) is 15.0. The Hall–Kier alpha value is -0.900. The second-order valence-electron chi connectivity index (χ2n) is 5.80. The number of halogens is 2. The van der Waals surface area contributed by atoms with Crippen LogP contribution < -0.4 is 5.32 Å². The minimum absolute atomic E-state index is 0.0941. The summed E-state index contributed by atoms with van der Waals surface area (Å²) in [6.45, 7) is 4.41. The Morgan fingerprint density at radius 3 is 2.71 bits per heavy atom. The standard InChI is InChI=1S/C17H19ClFNS/c1-10-6-12(7-11(2)17(10)19)9-20-14-4-3-5-15-13(14)8-16(18)21-15/h6-8,14,20H,3-5,9H2,1-2H3. The van der Waals surface area contributed by atoms with Gasteiger partial charge in [0, 0.05) is 17.5 Å². The Bertz CT molecular complexity index is 642. The van der Waals surface area contributed by atoms with Crippen molar-refractivity contribution in [3.63, 3.8) is 0 Å². The van der Waals surface area contributed by atoms with Crippen molar-refractivity contribution in [2.75, 3.05) is 0 Å². The third kappa shape index (κ3) is 3.15. The van der Waals surface area contributed by atoms with Crippen molar-refractivity contribution in [1.82, 2.24) is 5.32 Å². The maximum atomic E-state index is 13.7. The van der Waals surface area contributed by atoms with Crippen LogP contribution in [0.1, 0.15) is 46.0 Å². The summed E-state index contributed by atoms with van der Waals surface area (Å²) in [5.74, 6) is -0.0941. The van der Waals surface area contributed by atoms with Crippen molar-refractivity contribution in [1.29, 1.82) is 0 Å². The van der Waals surface area contributed by atoms with Gasteiger partial charge >= 0.3 is 0 Å². The molecule has 1 N–H and O–H groups in total. The predicted molar refractivity (Wildman–Crippen MR) is 87.7 cm³/mol. The summed E-state index contributed by atoms with van der Waals surface area (Å²) in [5, 5.41) is 3.61. The molecule has 1 aliphatic rings. The number of benzene rings is 1. The summed E-state index contributed by atoms with van der Waals surface area (Å²) in [5.41, 5.74) is 3.93. The van der Waals surface area contributed by atoms with Crippen molar-refractivity contribution in [2.24, 2.45) is 0 Å². The molecule has 1 aromatic heterocycles. The first-order valence-corrected chi connectivity index (χ1v) is 8.51. The van der Waals surface area contributed by atoms with E-state index in [2.05, 4.69) is 11.4 Å². The fourth-order valence-corrected chi connectivity index (χ4v) is 4.50. The molecule has 0 saturated carbocycles. The van der Waals surface area contributed by atoms with Crippen LogP contribution in [0.3, 0.4) is 0 Å². The quantitative estimate of drug-likeness (QED) is 0.805. The molecule has 0 aliphatic heterocycles. The van der Waals surface area contributed by atoms with E-state index in [9.17, 15) is 4.39 Å².